The summed E-state index contributed by atoms with van der Waals surface area (Å²) in [6, 6.07) is 9.74. The first kappa shape index (κ1) is 20.9. The number of hydrogen-bond acceptors (Lipinski definition) is 7. The molecule has 1 amide bonds. The minimum absolute atomic E-state index is 0.181. The Bertz CT molecular complexity index is 1210. The number of amides is 1. The maximum atomic E-state index is 13.1. The first-order valence-corrected chi connectivity index (χ1v) is 10.9. The number of H-pyrrole nitrogens is 1. The third-order valence-electron chi connectivity index (χ3n) is 5.16. The Morgan fingerprint density at radius 2 is 2.06 bits per heavy atom. The van der Waals surface area contributed by atoms with Crippen molar-refractivity contribution in [2.24, 2.45) is 0 Å². The molecule has 0 aliphatic rings. The number of nitrogens with one attached hydrogen (secondary N) is 2. The Morgan fingerprint density at radius 1 is 1.26 bits per heavy atom. The van der Waals surface area contributed by atoms with Crippen LogP contribution in [0.3, 0.4) is 0 Å². The Hall–Kier alpha value is -3.33. The van der Waals surface area contributed by atoms with Gasteiger partial charge in [0.2, 0.25) is 0 Å². The summed E-state index contributed by atoms with van der Waals surface area (Å²) >= 11 is 1.12. The normalized spacial score (nSPS) is 12.1. The van der Waals surface area contributed by atoms with Gasteiger partial charge in [0, 0.05) is 43.7 Å². The van der Waals surface area contributed by atoms with Crippen molar-refractivity contribution in [3.05, 3.63) is 64.2 Å². The number of rotatable bonds is 7. The minimum Gasteiger partial charge on any atom is -0.363 e. The lowest BCUT2D eigenvalue weighted by Gasteiger charge is -2.20. The highest BCUT2D eigenvalue weighted by Crippen LogP contribution is 2.26. The van der Waals surface area contributed by atoms with Crippen molar-refractivity contribution >= 4 is 34.2 Å². The summed E-state index contributed by atoms with van der Waals surface area (Å²) < 4.78 is 3.96. The number of aromatic amines is 1. The molecule has 2 N–H and O–H groups in total. The van der Waals surface area contributed by atoms with Gasteiger partial charge < -0.3 is 15.2 Å². The number of para-hydroxylation sites is 1. The van der Waals surface area contributed by atoms with Crippen molar-refractivity contribution < 1.29 is 4.79 Å². The van der Waals surface area contributed by atoms with Gasteiger partial charge >= 0.3 is 0 Å². The van der Waals surface area contributed by atoms with E-state index in [2.05, 4.69) is 35.9 Å². The Morgan fingerprint density at radius 3 is 2.84 bits per heavy atom. The smallest absolute Gasteiger partial charge is 0.265 e. The van der Waals surface area contributed by atoms with Crippen LogP contribution in [0.15, 0.2) is 36.5 Å². The summed E-state index contributed by atoms with van der Waals surface area (Å²) in [6.45, 7) is 3.83. The van der Waals surface area contributed by atoms with E-state index in [1.165, 1.54) is 0 Å². The van der Waals surface area contributed by atoms with E-state index in [0.29, 0.717) is 29.2 Å². The minimum atomic E-state index is -0.334. The zero-order chi connectivity index (χ0) is 22.0. The van der Waals surface area contributed by atoms with E-state index in [4.69, 9.17) is 0 Å². The van der Waals surface area contributed by atoms with Crippen LogP contribution in [0.4, 0.5) is 5.82 Å². The van der Waals surface area contributed by atoms with Gasteiger partial charge in [-0.2, -0.15) is 0 Å². The molecular weight excluding hydrogens is 410 g/mol. The molecular formula is C22H25N7OS. The van der Waals surface area contributed by atoms with Gasteiger partial charge in [0.15, 0.2) is 0 Å². The van der Waals surface area contributed by atoms with Crippen LogP contribution in [0, 0.1) is 6.92 Å². The zero-order valence-corrected chi connectivity index (χ0v) is 18.8. The highest BCUT2D eigenvalue weighted by molar-refractivity contribution is 7.08. The second kappa shape index (κ2) is 8.81. The third kappa shape index (κ3) is 4.41. The molecule has 8 nitrogen and oxygen atoms in total. The molecule has 1 atom stereocenters. The molecule has 9 heteroatoms. The number of fused-ring (bicyclic) bond motifs is 1. The van der Waals surface area contributed by atoms with Crippen molar-refractivity contribution in [1.82, 2.24) is 29.9 Å². The molecule has 0 spiro atoms. The van der Waals surface area contributed by atoms with Crippen LogP contribution >= 0.6 is 11.5 Å². The van der Waals surface area contributed by atoms with Crippen LogP contribution in [0.2, 0.25) is 0 Å². The predicted molar refractivity (Wildman–Crippen MR) is 123 cm³/mol. The van der Waals surface area contributed by atoms with E-state index >= 15 is 0 Å². The van der Waals surface area contributed by atoms with Crippen LogP contribution < -0.4 is 10.2 Å². The standard InChI is InChI=1S/C22H25N7OS/c1-5-16-21(31-28-27-16)22(30)26-18(19-11-20(29(3)4)25-13(2)24-19)10-14-12-23-17-9-7-6-8-15(14)17/h6-9,11-12,18,23H,5,10H2,1-4H3,(H,26,30). The fraction of sp³-hybridized carbons (Fsp3) is 0.318. The van der Waals surface area contributed by atoms with E-state index in [-0.39, 0.29) is 11.9 Å². The number of nitrogens with zero attached hydrogens (tertiary/aromatic N) is 5. The summed E-state index contributed by atoms with van der Waals surface area (Å²) in [4.78, 5) is 28.1. The van der Waals surface area contributed by atoms with Gasteiger partial charge in [-0.3, -0.25) is 4.79 Å². The quantitative estimate of drug-likeness (QED) is 0.461. The fourth-order valence-electron chi connectivity index (χ4n) is 3.57. The van der Waals surface area contributed by atoms with Crippen molar-refractivity contribution in [1.29, 1.82) is 0 Å². The molecule has 3 heterocycles. The van der Waals surface area contributed by atoms with Crippen molar-refractivity contribution in [2.75, 3.05) is 19.0 Å². The molecule has 0 fully saturated rings. The van der Waals surface area contributed by atoms with E-state index in [1.54, 1.807) is 0 Å². The molecule has 31 heavy (non-hydrogen) atoms. The summed E-state index contributed by atoms with van der Waals surface area (Å²) in [5, 5.41) is 8.38. The summed E-state index contributed by atoms with van der Waals surface area (Å²) in [5.41, 5.74) is 3.66. The number of anilines is 1. The number of benzene rings is 1. The number of carbonyl (C=O) groups is 1. The lowest BCUT2D eigenvalue weighted by molar-refractivity contribution is 0.0938. The van der Waals surface area contributed by atoms with Crippen LogP contribution in [-0.4, -0.2) is 44.5 Å². The number of aromatic nitrogens is 5. The topological polar surface area (TPSA) is 99.7 Å². The molecule has 0 saturated heterocycles. The molecule has 3 aromatic heterocycles. The molecule has 0 bridgehead atoms. The van der Waals surface area contributed by atoms with E-state index in [0.717, 1.165) is 39.5 Å². The molecule has 4 rings (SSSR count). The second-order valence-corrected chi connectivity index (χ2v) is 8.34. The van der Waals surface area contributed by atoms with Crippen molar-refractivity contribution in [3.8, 4) is 0 Å². The Labute approximate surface area is 184 Å². The molecule has 0 aliphatic heterocycles. The second-order valence-electron chi connectivity index (χ2n) is 7.58. The average molecular weight is 436 g/mol. The van der Waals surface area contributed by atoms with Gasteiger partial charge in [0.1, 0.15) is 16.5 Å². The molecule has 0 saturated carbocycles. The lowest BCUT2D eigenvalue weighted by Crippen LogP contribution is -2.31. The van der Waals surface area contributed by atoms with Crippen molar-refractivity contribution in [2.45, 2.75) is 32.7 Å². The Balaban J connectivity index is 1.72. The molecule has 0 aliphatic carbocycles. The van der Waals surface area contributed by atoms with Gasteiger partial charge in [-0.25, -0.2) is 9.97 Å². The highest BCUT2D eigenvalue weighted by Gasteiger charge is 2.23. The highest BCUT2D eigenvalue weighted by atomic mass is 32.1. The van der Waals surface area contributed by atoms with Crippen molar-refractivity contribution in [3.63, 3.8) is 0 Å². The zero-order valence-electron chi connectivity index (χ0n) is 18.0. The third-order valence-corrected chi connectivity index (χ3v) is 5.93. The number of carbonyl (C=O) groups excluding carboxylic acids is 1. The van der Waals surface area contributed by atoms with Crippen LogP contribution in [0.25, 0.3) is 10.9 Å². The predicted octanol–water partition coefficient (Wildman–Crippen LogP) is 3.46. The van der Waals surface area contributed by atoms with Crippen LogP contribution in [-0.2, 0) is 12.8 Å². The summed E-state index contributed by atoms with van der Waals surface area (Å²) in [7, 11) is 3.88. The monoisotopic (exact) mass is 435 g/mol. The summed E-state index contributed by atoms with van der Waals surface area (Å²) in [6.07, 6.45) is 3.24. The van der Waals surface area contributed by atoms with Crippen LogP contribution in [0.1, 0.15) is 45.4 Å². The lowest BCUT2D eigenvalue weighted by atomic mass is 10.0. The number of aryl methyl sites for hydroxylation is 2. The Kier molecular flexibility index (Phi) is 5.94. The molecule has 4 aromatic rings. The average Bonchev–Trinajstić information content (AvgIpc) is 3.40. The van der Waals surface area contributed by atoms with Gasteiger partial charge in [0.25, 0.3) is 5.91 Å². The maximum Gasteiger partial charge on any atom is 0.265 e. The van der Waals surface area contributed by atoms with Gasteiger partial charge in [-0.15, -0.1) is 5.10 Å². The van der Waals surface area contributed by atoms with Gasteiger partial charge in [0.05, 0.1) is 17.4 Å². The van der Waals surface area contributed by atoms with E-state index < -0.39 is 0 Å². The van der Waals surface area contributed by atoms with E-state index in [9.17, 15) is 4.79 Å². The molecule has 160 valence electrons. The SMILES string of the molecule is CCc1nnsc1C(=O)NC(Cc1c[nH]c2ccccc12)c1cc(N(C)C)nc(C)n1. The molecule has 0 radical (unpaired) electrons. The molecule has 1 aromatic carbocycles. The van der Waals surface area contributed by atoms with E-state index in [1.807, 2.05) is 63.3 Å². The fourth-order valence-corrected chi connectivity index (χ4v) is 4.22. The first-order valence-electron chi connectivity index (χ1n) is 10.2. The maximum absolute atomic E-state index is 13.1. The molecule has 1 unspecified atom stereocenters. The van der Waals surface area contributed by atoms with Gasteiger partial charge in [-0.05, 0) is 36.5 Å². The van der Waals surface area contributed by atoms with Crippen LogP contribution in [0.5, 0.6) is 0 Å². The number of hydrogen-bond donors (Lipinski definition) is 2. The van der Waals surface area contributed by atoms with Gasteiger partial charge in [-0.1, -0.05) is 29.6 Å². The summed E-state index contributed by atoms with van der Waals surface area (Å²) in [5.74, 6) is 1.28. The first-order chi connectivity index (χ1) is 15.0. The largest absolute Gasteiger partial charge is 0.363 e.